The Morgan fingerprint density at radius 3 is 2.89 bits per heavy atom. The van der Waals surface area contributed by atoms with E-state index in [4.69, 9.17) is 10.00 Å². The molecule has 19 heavy (non-hydrogen) atoms. The lowest BCUT2D eigenvalue weighted by Gasteiger charge is -2.34. The minimum absolute atomic E-state index is 0.215. The quantitative estimate of drug-likeness (QED) is 0.824. The van der Waals surface area contributed by atoms with E-state index in [9.17, 15) is 8.42 Å². The lowest BCUT2D eigenvalue weighted by Crippen LogP contribution is -2.43. The summed E-state index contributed by atoms with van der Waals surface area (Å²) in [7, 11) is -3.64. The molecule has 0 aliphatic carbocycles. The smallest absolute Gasteiger partial charge is 0.248 e. The van der Waals surface area contributed by atoms with Crippen LogP contribution in [0.3, 0.4) is 0 Å². The molecule has 1 atom stereocenters. The number of nitriles is 1. The van der Waals surface area contributed by atoms with Gasteiger partial charge in [0.1, 0.15) is 11.9 Å². The Balaban J connectivity index is 2.56. The largest absolute Gasteiger partial charge is 0.487 e. The number of sulfonamides is 1. The third-order valence-corrected chi connectivity index (χ3v) is 5.21. The molecule has 0 bridgehead atoms. The van der Waals surface area contributed by atoms with Gasteiger partial charge in [0.15, 0.2) is 5.75 Å². The summed E-state index contributed by atoms with van der Waals surface area (Å²) in [6.45, 7) is 3.92. The van der Waals surface area contributed by atoms with Crippen molar-refractivity contribution in [3.63, 3.8) is 0 Å². The maximum Gasteiger partial charge on any atom is 0.248 e. The van der Waals surface area contributed by atoms with E-state index in [1.54, 1.807) is 25.1 Å². The second-order valence-electron chi connectivity index (χ2n) is 4.44. The molecule has 1 aromatic carbocycles. The topological polar surface area (TPSA) is 70.4 Å². The Morgan fingerprint density at radius 1 is 1.58 bits per heavy atom. The maximum atomic E-state index is 12.1. The van der Waals surface area contributed by atoms with Gasteiger partial charge >= 0.3 is 0 Å². The number of hydrogen-bond acceptors (Lipinski definition) is 4. The zero-order valence-corrected chi connectivity index (χ0v) is 13.0. The highest BCUT2D eigenvalue weighted by molar-refractivity contribution is 9.10. The summed E-state index contributed by atoms with van der Waals surface area (Å²) in [6, 6.07) is 5.20. The first-order chi connectivity index (χ1) is 8.85. The van der Waals surface area contributed by atoms with Crippen molar-refractivity contribution in [1.82, 2.24) is 0 Å². The molecule has 7 heteroatoms. The zero-order valence-electron chi connectivity index (χ0n) is 10.6. The van der Waals surface area contributed by atoms with Crippen molar-refractivity contribution < 1.29 is 13.2 Å². The number of rotatable bonds is 2. The van der Waals surface area contributed by atoms with Gasteiger partial charge in [-0.3, -0.25) is 4.31 Å². The molecule has 0 radical (unpaired) electrons. The van der Waals surface area contributed by atoms with E-state index in [-0.39, 0.29) is 12.6 Å². The highest BCUT2D eigenvalue weighted by atomic mass is 79.9. The Kier molecular flexibility index (Phi) is 3.74. The van der Waals surface area contributed by atoms with E-state index in [1.165, 1.54) is 4.31 Å². The van der Waals surface area contributed by atoms with Crippen LogP contribution in [0.4, 0.5) is 5.69 Å². The average Bonchev–Trinajstić information content (AvgIpc) is 2.30. The summed E-state index contributed by atoms with van der Waals surface area (Å²) >= 11 is 3.38. The summed E-state index contributed by atoms with van der Waals surface area (Å²) in [5.74, 6) is -0.00838. The normalized spacial score (nSPS) is 18.4. The van der Waals surface area contributed by atoms with Crippen LogP contribution in [0, 0.1) is 18.3 Å². The lowest BCUT2D eigenvalue weighted by atomic mass is 10.2. The molecule has 2 rings (SSSR count). The van der Waals surface area contributed by atoms with Crippen molar-refractivity contribution in [2.24, 2.45) is 0 Å². The van der Waals surface area contributed by atoms with Crippen molar-refractivity contribution in [3.8, 4) is 11.8 Å². The number of nitrogens with zero attached hydrogens (tertiary/aromatic N) is 2. The van der Waals surface area contributed by atoms with Gasteiger partial charge in [0, 0.05) is 4.47 Å². The fourth-order valence-electron chi connectivity index (χ4n) is 1.94. The second-order valence-corrected chi connectivity index (χ2v) is 7.19. The predicted octanol–water partition coefficient (Wildman–Crippen LogP) is 2.20. The van der Waals surface area contributed by atoms with E-state index in [1.807, 2.05) is 6.92 Å². The van der Waals surface area contributed by atoms with Crippen molar-refractivity contribution in [2.45, 2.75) is 20.0 Å². The molecule has 0 amide bonds. The Bertz CT molecular complexity index is 652. The molecule has 1 heterocycles. The molecule has 0 fully saturated rings. The molecular weight excluding hydrogens is 332 g/mol. The van der Waals surface area contributed by atoms with Gasteiger partial charge in [-0.25, -0.2) is 8.42 Å². The van der Waals surface area contributed by atoms with Crippen LogP contribution >= 0.6 is 15.9 Å². The second kappa shape index (κ2) is 5.02. The summed E-state index contributed by atoms with van der Waals surface area (Å²) in [4.78, 5) is 0. The van der Waals surface area contributed by atoms with Gasteiger partial charge < -0.3 is 4.74 Å². The molecule has 1 unspecified atom stereocenters. The van der Waals surface area contributed by atoms with E-state index in [0.29, 0.717) is 11.4 Å². The number of fused-ring (bicyclic) bond motifs is 1. The molecule has 1 aromatic rings. The van der Waals surface area contributed by atoms with Crippen LogP contribution in [0.5, 0.6) is 5.75 Å². The van der Waals surface area contributed by atoms with Crippen molar-refractivity contribution >= 4 is 31.6 Å². The van der Waals surface area contributed by atoms with E-state index >= 15 is 0 Å². The van der Waals surface area contributed by atoms with Gasteiger partial charge in [0.25, 0.3) is 0 Å². The summed E-state index contributed by atoms with van der Waals surface area (Å²) in [5.41, 5.74) is 1.44. The minimum Gasteiger partial charge on any atom is -0.487 e. The predicted molar refractivity (Wildman–Crippen MR) is 75.7 cm³/mol. The number of benzene rings is 1. The highest BCUT2D eigenvalue weighted by Crippen LogP contribution is 2.39. The first-order valence-electron chi connectivity index (χ1n) is 5.69. The zero-order chi connectivity index (χ0) is 14.2. The molecule has 0 saturated heterocycles. The van der Waals surface area contributed by atoms with Crippen molar-refractivity contribution in [2.75, 3.05) is 16.6 Å². The summed E-state index contributed by atoms with van der Waals surface area (Å²) in [6.07, 6.45) is -0.249. The third kappa shape index (κ3) is 2.69. The Morgan fingerprint density at radius 2 is 2.26 bits per heavy atom. The third-order valence-electron chi connectivity index (χ3n) is 2.84. The average molecular weight is 345 g/mol. The molecule has 0 spiro atoms. The van der Waals surface area contributed by atoms with Gasteiger partial charge in [0.2, 0.25) is 10.0 Å². The van der Waals surface area contributed by atoms with Crippen LogP contribution in [0.15, 0.2) is 16.6 Å². The van der Waals surface area contributed by atoms with Crippen LogP contribution in [0.25, 0.3) is 0 Å². The maximum absolute atomic E-state index is 12.1. The van der Waals surface area contributed by atoms with Gasteiger partial charge in [0.05, 0.1) is 18.3 Å². The SMILES string of the molecule is Cc1cc2c(cc1Br)N(S(=O)(=O)CC#N)CC(C)O2. The number of halogens is 1. The van der Waals surface area contributed by atoms with Gasteiger partial charge in [-0.15, -0.1) is 0 Å². The molecule has 0 aromatic heterocycles. The van der Waals surface area contributed by atoms with E-state index in [0.717, 1.165) is 10.0 Å². The van der Waals surface area contributed by atoms with E-state index in [2.05, 4.69) is 15.9 Å². The van der Waals surface area contributed by atoms with Crippen LogP contribution in [0.1, 0.15) is 12.5 Å². The Hall–Kier alpha value is -1.26. The Labute approximate surface area is 121 Å². The number of anilines is 1. The fraction of sp³-hybridized carbons (Fsp3) is 0.417. The lowest BCUT2D eigenvalue weighted by molar-refractivity contribution is 0.219. The fourth-order valence-corrected chi connectivity index (χ4v) is 3.47. The van der Waals surface area contributed by atoms with E-state index < -0.39 is 15.8 Å². The summed E-state index contributed by atoms with van der Waals surface area (Å²) < 4.78 is 32.0. The first kappa shape index (κ1) is 14.2. The van der Waals surface area contributed by atoms with Crippen LogP contribution < -0.4 is 9.04 Å². The number of aryl methyl sites for hydroxylation is 1. The van der Waals surface area contributed by atoms with Crippen molar-refractivity contribution in [3.05, 3.63) is 22.2 Å². The number of ether oxygens (including phenoxy) is 1. The standard InChI is InChI=1S/C12H13BrN2O3S/c1-8-5-12-11(6-10(8)13)15(7-9(2)18-12)19(16,17)4-3-14/h5-6,9H,4,7H2,1-2H3. The number of hydrogen-bond donors (Lipinski definition) is 0. The molecule has 0 N–H and O–H groups in total. The highest BCUT2D eigenvalue weighted by Gasteiger charge is 2.32. The van der Waals surface area contributed by atoms with Crippen LogP contribution in [-0.4, -0.2) is 26.8 Å². The van der Waals surface area contributed by atoms with Gasteiger partial charge in [-0.05, 0) is 31.5 Å². The van der Waals surface area contributed by atoms with Crippen LogP contribution in [0.2, 0.25) is 0 Å². The molecule has 1 aliphatic rings. The molecular formula is C12H13BrN2O3S. The summed E-state index contributed by atoms with van der Waals surface area (Å²) in [5, 5.41) is 8.65. The van der Waals surface area contributed by atoms with Gasteiger partial charge in [-0.1, -0.05) is 15.9 Å². The van der Waals surface area contributed by atoms with Crippen LogP contribution in [-0.2, 0) is 10.0 Å². The minimum atomic E-state index is -3.64. The van der Waals surface area contributed by atoms with Gasteiger partial charge in [-0.2, -0.15) is 5.26 Å². The molecule has 1 aliphatic heterocycles. The molecule has 5 nitrogen and oxygen atoms in total. The van der Waals surface area contributed by atoms with Crippen molar-refractivity contribution in [1.29, 1.82) is 5.26 Å². The first-order valence-corrected chi connectivity index (χ1v) is 8.09. The molecule has 0 saturated carbocycles. The monoisotopic (exact) mass is 344 g/mol. The molecule has 102 valence electrons.